The predicted octanol–water partition coefficient (Wildman–Crippen LogP) is 8.48. The van der Waals surface area contributed by atoms with Crippen LogP contribution in [-0.4, -0.2) is 16.1 Å². The monoisotopic (exact) mass is 727 g/mol. The second-order valence-corrected chi connectivity index (χ2v) is 9.37. The topological polar surface area (TPSA) is 51.9 Å². The fraction of sp³-hybridized carbons (Fsp3) is 0.108. The average Bonchev–Trinajstić information content (AvgIpc) is 3.04. The minimum absolute atomic E-state index is 0. The molecule has 0 aliphatic carbocycles. The van der Waals surface area contributed by atoms with Gasteiger partial charge in [-0.2, -0.15) is 6.20 Å². The predicted molar refractivity (Wildman–Crippen MR) is 170 cm³/mol. The Balaban J connectivity index is 0.000000171. The van der Waals surface area contributed by atoms with Crippen molar-refractivity contribution < 1.29 is 20.1 Å². The van der Waals surface area contributed by atoms with E-state index in [0.717, 1.165) is 28.9 Å². The van der Waals surface area contributed by atoms with Crippen molar-refractivity contribution in [3.63, 3.8) is 0 Å². The molecule has 0 fully saturated rings. The van der Waals surface area contributed by atoms with Gasteiger partial charge in [0.25, 0.3) is 0 Å². The van der Waals surface area contributed by atoms with E-state index >= 15 is 0 Å². The molecule has 3 heterocycles. The van der Waals surface area contributed by atoms with Crippen molar-refractivity contribution in [2.75, 3.05) is 0 Å². The van der Waals surface area contributed by atoms with E-state index in [2.05, 4.69) is 83.0 Å². The van der Waals surface area contributed by atoms with Gasteiger partial charge in [0.15, 0.2) is 0 Å². The molecule has 0 saturated heterocycles. The molecule has 1 unspecified atom stereocenters. The number of hydrogen-bond acceptors (Lipinski definition) is 3. The third-order valence-electron chi connectivity index (χ3n) is 6.02. The van der Waals surface area contributed by atoms with Crippen LogP contribution in [-0.2, 0) is 26.5 Å². The Morgan fingerprint density at radius 3 is 1.74 bits per heavy atom. The molecule has 1 aliphatic heterocycles. The molecule has 6 rings (SSSR count). The van der Waals surface area contributed by atoms with Gasteiger partial charge in [0.2, 0.25) is 0 Å². The number of pyridine rings is 2. The van der Waals surface area contributed by atoms with Gasteiger partial charge in [0.1, 0.15) is 0 Å². The molecular weight excluding hydrogens is 693 g/mol. The standard InChI is InChI=1S/C13H14N2.2C12H10N.Ir/c1-2-6-12(7-3-1)9-11-15-13-8-4-5-10-14-13;2*1-10-5-7-11(8-6-10)12-4-2-3-9-13-12;/h1-8,10-11,13,15H,9H2;2*2-7,9H,1H3;/q-2;2*-1;. The zero-order valence-corrected chi connectivity index (χ0v) is 26.2. The Labute approximate surface area is 264 Å². The first-order valence-corrected chi connectivity index (χ1v) is 13.6. The van der Waals surface area contributed by atoms with Crippen LogP contribution in [0.2, 0.25) is 0 Å². The third-order valence-corrected chi connectivity index (χ3v) is 6.02. The van der Waals surface area contributed by atoms with E-state index in [1.165, 1.54) is 16.7 Å². The van der Waals surface area contributed by atoms with Crippen molar-refractivity contribution in [2.45, 2.75) is 26.4 Å². The van der Waals surface area contributed by atoms with Gasteiger partial charge >= 0.3 is 0 Å². The molecular formula is C37H34IrN4-4. The number of allylic oxidation sites excluding steroid dienone is 2. The first-order valence-electron chi connectivity index (χ1n) is 13.6. The maximum Gasteiger partial charge on any atom is 0.0160 e. The number of aryl methyl sites for hydroxylation is 2. The second kappa shape index (κ2) is 18.3. The van der Waals surface area contributed by atoms with E-state index in [1.54, 1.807) is 12.4 Å². The van der Waals surface area contributed by atoms with Gasteiger partial charge in [-0.3, -0.25) is 6.54 Å². The van der Waals surface area contributed by atoms with Crippen molar-refractivity contribution in [3.05, 3.63) is 181 Å². The second-order valence-electron chi connectivity index (χ2n) is 9.37. The summed E-state index contributed by atoms with van der Waals surface area (Å²) in [5, 5.41) is 7.49. The Morgan fingerprint density at radius 2 is 1.29 bits per heavy atom. The van der Waals surface area contributed by atoms with E-state index in [0.29, 0.717) is 0 Å². The summed E-state index contributed by atoms with van der Waals surface area (Å²) in [4.78, 5) is 8.49. The number of hydrogen-bond donors (Lipinski definition) is 1. The summed E-state index contributed by atoms with van der Waals surface area (Å²) in [5.74, 6) is 0. The van der Waals surface area contributed by atoms with Gasteiger partial charge in [-0.1, -0.05) is 98.4 Å². The van der Waals surface area contributed by atoms with Crippen LogP contribution in [0.5, 0.6) is 0 Å². The van der Waals surface area contributed by atoms with Crippen LogP contribution in [0.25, 0.3) is 27.8 Å². The molecule has 1 aliphatic rings. The summed E-state index contributed by atoms with van der Waals surface area (Å²) in [6.45, 7) is 6.16. The van der Waals surface area contributed by atoms with E-state index < -0.39 is 0 Å². The van der Waals surface area contributed by atoms with E-state index in [1.807, 2.05) is 97.7 Å². The molecule has 1 N–H and O–H groups in total. The number of rotatable bonds is 6. The number of nitrogens with zero attached hydrogens (tertiary/aromatic N) is 3. The van der Waals surface area contributed by atoms with Crippen LogP contribution in [0.3, 0.4) is 0 Å². The molecule has 5 aromatic rings. The molecule has 2 aromatic heterocycles. The Hall–Kier alpha value is -4.15. The molecule has 5 heteroatoms. The number of nitrogens with one attached hydrogen (secondary N) is 1. The van der Waals surface area contributed by atoms with Gasteiger partial charge in [-0.05, 0) is 23.5 Å². The van der Waals surface area contributed by atoms with Crippen LogP contribution in [0, 0.1) is 32.5 Å². The van der Waals surface area contributed by atoms with Gasteiger partial charge in [-0.15, -0.1) is 77.2 Å². The summed E-state index contributed by atoms with van der Waals surface area (Å²) >= 11 is 0. The normalized spacial score (nSPS) is 12.9. The van der Waals surface area contributed by atoms with E-state index in [9.17, 15) is 0 Å². The first-order chi connectivity index (χ1) is 20.2. The summed E-state index contributed by atoms with van der Waals surface area (Å²) in [7, 11) is 0. The van der Waals surface area contributed by atoms with E-state index in [4.69, 9.17) is 0 Å². The van der Waals surface area contributed by atoms with E-state index in [-0.39, 0.29) is 26.3 Å². The van der Waals surface area contributed by atoms with Crippen molar-refractivity contribution in [3.8, 4) is 22.5 Å². The minimum Gasteiger partial charge on any atom is -0.675 e. The van der Waals surface area contributed by atoms with Crippen molar-refractivity contribution in [2.24, 2.45) is 0 Å². The molecule has 42 heavy (non-hydrogen) atoms. The summed E-state index contributed by atoms with van der Waals surface area (Å²) < 4.78 is 0. The van der Waals surface area contributed by atoms with Gasteiger partial charge in [-0.25, -0.2) is 0 Å². The quantitative estimate of drug-likeness (QED) is 0.179. The Morgan fingerprint density at radius 1 is 0.714 bits per heavy atom. The first kappa shape index (κ1) is 32.4. The van der Waals surface area contributed by atoms with Gasteiger partial charge in [0.05, 0.1) is 0 Å². The molecule has 0 saturated carbocycles. The number of aromatic nitrogens is 2. The number of benzene rings is 3. The molecule has 3 aromatic carbocycles. The van der Waals surface area contributed by atoms with Crippen LogP contribution in [0.15, 0.2) is 140 Å². The van der Waals surface area contributed by atoms with Crippen LogP contribution >= 0.6 is 0 Å². The van der Waals surface area contributed by atoms with Gasteiger partial charge in [0, 0.05) is 32.5 Å². The fourth-order valence-corrected chi connectivity index (χ4v) is 3.79. The maximum atomic E-state index is 4.25. The van der Waals surface area contributed by atoms with Gasteiger partial charge < -0.3 is 20.6 Å². The molecule has 215 valence electrons. The average molecular weight is 727 g/mol. The van der Waals surface area contributed by atoms with Crippen LogP contribution < -0.4 is 5.32 Å². The smallest absolute Gasteiger partial charge is 0.0160 e. The largest absolute Gasteiger partial charge is 0.675 e. The van der Waals surface area contributed by atoms with Crippen molar-refractivity contribution in [1.82, 2.24) is 15.3 Å². The molecule has 0 spiro atoms. The summed E-state index contributed by atoms with van der Waals surface area (Å²) in [5.41, 5.74) is 7.79. The van der Waals surface area contributed by atoms with Crippen molar-refractivity contribution >= 4 is 0 Å². The van der Waals surface area contributed by atoms with Crippen molar-refractivity contribution in [1.29, 1.82) is 0 Å². The molecule has 1 atom stereocenters. The maximum absolute atomic E-state index is 4.25. The van der Waals surface area contributed by atoms with Crippen LogP contribution in [0.1, 0.15) is 16.7 Å². The van der Waals surface area contributed by atoms with Crippen LogP contribution in [0.4, 0.5) is 0 Å². The summed E-state index contributed by atoms with van der Waals surface area (Å²) in [6.07, 6.45) is 12.4. The zero-order chi connectivity index (χ0) is 28.5. The fourth-order valence-electron chi connectivity index (χ4n) is 3.79. The zero-order valence-electron chi connectivity index (χ0n) is 23.8. The Bertz CT molecular complexity index is 1390. The Kier molecular flexibility index (Phi) is 14.1. The molecule has 0 amide bonds. The third kappa shape index (κ3) is 11.4. The summed E-state index contributed by atoms with van der Waals surface area (Å²) in [6, 6.07) is 40.7. The molecule has 0 bridgehead atoms. The molecule has 4 nitrogen and oxygen atoms in total. The molecule has 1 radical (unpaired) electrons. The SMILES string of the molecule is C1=C[N-]C(N[CH-]Cc2ccccc2)C=C1.Cc1c[c-]c(-c2ccccn2)cc1.Cc1c[c-]c(-c2ccccn2)cc1.[Ir]. The minimum atomic E-state index is 0.